The topological polar surface area (TPSA) is 56.1 Å². The molecule has 1 aromatic heterocycles. The Bertz CT molecular complexity index is 569. The Morgan fingerprint density at radius 1 is 1.53 bits per heavy atom. The van der Waals surface area contributed by atoms with Crippen molar-refractivity contribution in [2.45, 2.75) is 13.5 Å². The number of carbonyl (C=O) groups is 1. The van der Waals surface area contributed by atoms with Crippen LogP contribution < -0.4 is 10.1 Å². The zero-order chi connectivity index (χ0) is 13.7. The molecule has 0 fully saturated rings. The predicted octanol–water partition coefficient (Wildman–Crippen LogP) is 2.06. The van der Waals surface area contributed by atoms with Crippen LogP contribution in [-0.4, -0.2) is 22.3 Å². The highest BCUT2D eigenvalue weighted by Crippen LogP contribution is 2.10. The number of hydrogen-bond donors (Lipinski definition) is 1. The average molecular weight is 263 g/mol. The summed E-state index contributed by atoms with van der Waals surface area (Å²) in [5.74, 6) is -0.228. The Morgan fingerprint density at radius 2 is 2.37 bits per heavy atom. The first-order valence-electron chi connectivity index (χ1n) is 5.88. The highest BCUT2D eigenvalue weighted by molar-refractivity contribution is 5.91. The van der Waals surface area contributed by atoms with Crippen LogP contribution in [0.3, 0.4) is 0 Å². The first-order chi connectivity index (χ1) is 9.17. The number of amides is 1. The second kappa shape index (κ2) is 5.99. The molecule has 0 aliphatic heterocycles. The molecular formula is C13H14FN3O2. The normalized spacial score (nSPS) is 10.2. The van der Waals surface area contributed by atoms with Gasteiger partial charge in [0.15, 0.2) is 12.4 Å². The number of ether oxygens (including phenoxy) is 1. The van der Waals surface area contributed by atoms with Crippen LogP contribution in [0.15, 0.2) is 36.7 Å². The fourth-order valence-corrected chi connectivity index (χ4v) is 1.50. The van der Waals surface area contributed by atoms with Crippen molar-refractivity contribution in [2.75, 3.05) is 11.9 Å². The fourth-order valence-electron chi connectivity index (χ4n) is 1.50. The van der Waals surface area contributed by atoms with Crippen LogP contribution >= 0.6 is 0 Å². The molecule has 1 aromatic carbocycles. The smallest absolute Gasteiger partial charge is 0.262 e. The highest BCUT2D eigenvalue weighted by atomic mass is 19.1. The average Bonchev–Trinajstić information content (AvgIpc) is 2.84. The zero-order valence-corrected chi connectivity index (χ0v) is 10.5. The maximum atomic E-state index is 12.9. The largest absolute Gasteiger partial charge is 0.480 e. The first-order valence-corrected chi connectivity index (χ1v) is 5.88. The van der Waals surface area contributed by atoms with Gasteiger partial charge in [0, 0.05) is 12.2 Å². The number of nitrogens with one attached hydrogen (secondary N) is 1. The summed E-state index contributed by atoms with van der Waals surface area (Å²) in [4.78, 5) is 11.6. The number of hydrogen-bond acceptors (Lipinski definition) is 3. The molecule has 0 bridgehead atoms. The zero-order valence-electron chi connectivity index (χ0n) is 10.5. The van der Waals surface area contributed by atoms with E-state index in [4.69, 9.17) is 4.74 Å². The summed E-state index contributed by atoms with van der Waals surface area (Å²) in [7, 11) is 0. The van der Waals surface area contributed by atoms with Gasteiger partial charge in [-0.05, 0) is 25.1 Å². The van der Waals surface area contributed by atoms with E-state index in [9.17, 15) is 9.18 Å². The van der Waals surface area contributed by atoms with E-state index >= 15 is 0 Å². The van der Waals surface area contributed by atoms with Crippen LogP contribution in [0.25, 0.3) is 0 Å². The number of anilines is 1. The minimum Gasteiger partial charge on any atom is -0.480 e. The molecule has 6 heteroatoms. The predicted molar refractivity (Wildman–Crippen MR) is 68.4 cm³/mol. The van der Waals surface area contributed by atoms with Crippen molar-refractivity contribution >= 4 is 11.6 Å². The van der Waals surface area contributed by atoms with Gasteiger partial charge in [0.1, 0.15) is 5.82 Å². The molecule has 0 unspecified atom stereocenters. The van der Waals surface area contributed by atoms with Crippen molar-refractivity contribution in [3.8, 4) is 5.75 Å². The van der Waals surface area contributed by atoms with Gasteiger partial charge < -0.3 is 10.1 Å². The third kappa shape index (κ3) is 3.80. The van der Waals surface area contributed by atoms with E-state index in [2.05, 4.69) is 10.4 Å². The lowest BCUT2D eigenvalue weighted by molar-refractivity contribution is -0.118. The molecule has 2 aromatic rings. The van der Waals surface area contributed by atoms with E-state index in [0.717, 1.165) is 6.54 Å². The molecule has 0 aliphatic rings. The van der Waals surface area contributed by atoms with Gasteiger partial charge in [-0.1, -0.05) is 6.07 Å². The molecule has 0 aliphatic carbocycles. The summed E-state index contributed by atoms with van der Waals surface area (Å²) < 4.78 is 19.9. The molecule has 1 heterocycles. The lowest BCUT2D eigenvalue weighted by Gasteiger charge is -2.05. The maximum Gasteiger partial charge on any atom is 0.262 e. The van der Waals surface area contributed by atoms with Gasteiger partial charge in [-0.2, -0.15) is 5.10 Å². The summed E-state index contributed by atoms with van der Waals surface area (Å²) in [5, 5.41) is 6.56. The van der Waals surface area contributed by atoms with Crippen LogP contribution in [0.4, 0.5) is 10.1 Å². The number of halogens is 1. The SMILES string of the molecule is CCn1cc(OCC(=O)Nc2cccc(F)c2)cn1. The van der Waals surface area contributed by atoms with Gasteiger partial charge in [0.05, 0.1) is 12.4 Å². The second-order valence-electron chi connectivity index (χ2n) is 3.88. The summed E-state index contributed by atoms with van der Waals surface area (Å²) in [6.45, 7) is 2.54. The molecule has 1 N–H and O–H groups in total. The first kappa shape index (κ1) is 13.1. The van der Waals surface area contributed by atoms with Crippen molar-refractivity contribution in [3.05, 3.63) is 42.5 Å². The van der Waals surface area contributed by atoms with Crippen molar-refractivity contribution in [1.82, 2.24) is 9.78 Å². The van der Waals surface area contributed by atoms with Crippen LogP contribution in [0.1, 0.15) is 6.92 Å². The minimum atomic E-state index is -0.400. The van der Waals surface area contributed by atoms with Crippen molar-refractivity contribution in [1.29, 1.82) is 0 Å². The van der Waals surface area contributed by atoms with E-state index in [0.29, 0.717) is 11.4 Å². The number of aryl methyl sites for hydroxylation is 1. The highest BCUT2D eigenvalue weighted by Gasteiger charge is 2.05. The van der Waals surface area contributed by atoms with Gasteiger partial charge in [-0.3, -0.25) is 9.48 Å². The van der Waals surface area contributed by atoms with Crippen molar-refractivity contribution in [2.24, 2.45) is 0 Å². The van der Waals surface area contributed by atoms with Gasteiger partial charge in [0.2, 0.25) is 0 Å². The van der Waals surface area contributed by atoms with Crippen LogP contribution in [0, 0.1) is 5.82 Å². The Labute approximate surface area is 110 Å². The Kier molecular flexibility index (Phi) is 4.12. The second-order valence-corrected chi connectivity index (χ2v) is 3.88. The van der Waals surface area contributed by atoms with Crippen LogP contribution in [0.2, 0.25) is 0 Å². The van der Waals surface area contributed by atoms with Gasteiger partial charge in [0.25, 0.3) is 5.91 Å². The standard InChI is InChI=1S/C13H14FN3O2/c1-2-17-8-12(7-15-17)19-9-13(18)16-11-5-3-4-10(14)6-11/h3-8H,2,9H2,1H3,(H,16,18). The Balaban J connectivity index is 1.84. The Hall–Kier alpha value is -2.37. The van der Waals surface area contributed by atoms with E-state index in [-0.39, 0.29) is 12.5 Å². The van der Waals surface area contributed by atoms with Gasteiger partial charge in [-0.25, -0.2) is 4.39 Å². The van der Waals surface area contributed by atoms with Gasteiger partial charge >= 0.3 is 0 Å². The molecule has 0 spiro atoms. The molecule has 2 rings (SSSR count). The maximum absolute atomic E-state index is 12.9. The van der Waals surface area contributed by atoms with Gasteiger partial charge in [-0.15, -0.1) is 0 Å². The number of nitrogens with zero attached hydrogens (tertiary/aromatic N) is 2. The molecule has 1 amide bonds. The molecule has 5 nitrogen and oxygen atoms in total. The van der Waals surface area contributed by atoms with Crippen molar-refractivity contribution in [3.63, 3.8) is 0 Å². The number of carbonyl (C=O) groups excluding carboxylic acids is 1. The molecule has 0 radical (unpaired) electrons. The lowest BCUT2D eigenvalue weighted by Crippen LogP contribution is -2.20. The van der Waals surface area contributed by atoms with E-state index < -0.39 is 5.82 Å². The fraction of sp³-hybridized carbons (Fsp3) is 0.231. The minimum absolute atomic E-state index is 0.147. The quantitative estimate of drug-likeness (QED) is 0.898. The van der Waals surface area contributed by atoms with Crippen LogP contribution in [0.5, 0.6) is 5.75 Å². The van der Waals surface area contributed by atoms with Crippen molar-refractivity contribution < 1.29 is 13.9 Å². The molecule has 0 saturated heterocycles. The monoisotopic (exact) mass is 263 g/mol. The van der Waals surface area contributed by atoms with E-state index in [1.165, 1.54) is 18.2 Å². The number of rotatable bonds is 5. The summed E-state index contributed by atoms with van der Waals surface area (Å²) in [5.41, 5.74) is 0.401. The Morgan fingerprint density at radius 3 is 3.05 bits per heavy atom. The molecule has 19 heavy (non-hydrogen) atoms. The summed E-state index contributed by atoms with van der Waals surface area (Å²) in [6.07, 6.45) is 3.24. The van der Waals surface area contributed by atoms with Crippen LogP contribution in [-0.2, 0) is 11.3 Å². The third-order valence-corrected chi connectivity index (χ3v) is 2.41. The molecule has 0 saturated carbocycles. The lowest BCUT2D eigenvalue weighted by atomic mass is 10.3. The molecule has 0 atom stereocenters. The number of aromatic nitrogens is 2. The molecular weight excluding hydrogens is 249 g/mol. The molecule has 100 valence electrons. The van der Waals surface area contributed by atoms with E-state index in [1.54, 1.807) is 23.1 Å². The van der Waals surface area contributed by atoms with E-state index in [1.807, 2.05) is 6.92 Å². The third-order valence-electron chi connectivity index (χ3n) is 2.41. The summed E-state index contributed by atoms with van der Waals surface area (Å²) >= 11 is 0. The summed E-state index contributed by atoms with van der Waals surface area (Å²) in [6, 6.07) is 5.69. The number of benzene rings is 1.